The van der Waals surface area contributed by atoms with E-state index in [-0.39, 0.29) is 0 Å². The Morgan fingerprint density at radius 2 is 1.69 bits per heavy atom. The van der Waals surface area contributed by atoms with Crippen molar-refractivity contribution < 1.29 is 0 Å². The van der Waals surface area contributed by atoms with Gasteiger partial charge in [0, 0.05) is 5.56 Å². The van der Waals surface area contributed by atoms with Gasteiger partial charge in [-0.1, -0.05) is 40.9 Å². The summed E-state index contributed by atoms with van der Waals surface area (Å²) in [6.45, 7) is 0. The van der Waals surface area contributed by atoms with Crippen LogP contribution in [0, 0.1) is 3.70 Å². The number of hydrogen-bond donors (Lipinski definition) is 0. The molecule has 0 aliphatic rings. The highest BCUT2D eigenvalue weighted by atomic mass is 127. The number of nitrogens with zero attached hydrogens (tertiary/aromatic N) is 1. The molecular weight excluding hydrogens is 379 g/mol. The molecule has 0 saturated heterocycles. The van der Waals surface area contributed by atoms with Gasteiger partial charge in [-0.25, -0.2) is 4.98 Å². The van der Waals surface area contributed by atoms with E-state index in [2.05, 4.69) is 27.6 Å². The van der Waals surface area contributed by atoms with Gasteiger partial charge in [0.15, 0.2) is 0 Å². The predicted octanol–water partition coefficient (Wildman–Crippen LogP) is 5.31. The first-order valence-electron chi connectivity index (χ1n) is 4.36. The lowest BCUT2D eigenvalue weighted by Gasteiger charge is -2.06. The second-order valence-electron chi connectivity index (χ2n) is 3.07. The van der Waals surface area contributed by atoms with E-state index in [9.17, 15) is 0 Å². The molecule has 0 atom stereocenters. The first-order chi connectivity index (χ1) is 7.59. The van der Waals surface area contributed by atoms with E-state index in [1.807, 2.05) is 24.3 Å². The second kappa shape index (κ2) is 5.08. The van der Waals surface area contributed by atoms with Crippen LogP contribution < -0.4 is 0 Å². The topological polar surface area (TPSA) is 12.9 Å². The van der Waals surface area contributed by atoms with Crippen LogP contribution in [0.5, 0.6) is 0 Å². The lowest BCUT2D eigenvalue weighted by molar-refractivity contribution is 1.27. The van der Waals surface area contributed by atoms with Crippen LogP contribution in [0.2, 0.25) is 15.1 Å². The Hall–Kier alpha value is -0.0300. The van der Waals surface area contributed by atoms with E-state index in [0.717, 1.165) is 15.0 Å². The third-order valence-corrected chi connectivity index (χ3v) is 3.92. The average Bonchev–Trinajstić information content (AvgIpc) is 2.26. The molecule has 0 N–H and O–H groups in total. The Morgan fingerprint density at radius 3 is 2.38 bits per heavy atom. The van der Waals surface area contributed by atoms with Gasteiger partial charge >= 0.3 is 0 Å². The number of halogens is 4. The summed E-state index contributed by atoms with van der Waals surface area (Å²) >= 11 is 20.1. The Balaban J connectivity index is 2.61. The highest BCUT2D eigenvalue weighted by Gasteiger charge is 2.11. The fourth-order valence-electron chi connectivity index (χ4n) is 1.28. The monoisotopic (exact) mass is 383 g/mol. The van der Waals surface area contributed by atoms with E-state index in [4.69, 9.17) is 34.8 Å². The minimum absolute atomic E-state index is 0.362. The number of hydrogen-bond acceptors (Lipinski definition) is 1. The number of pyridine rings is 1. The van der Waals surface area contributed by atoms with Crippen molar-refractivity contribution in [1.29, 1.82) is 0 Å². The molecule has 0 aliphatic carbocycles. The molecule has 2 aromatic rings. The molecule has 0 aliphatic heterocycles. The first-order valence-corrected chi connectivity index (χ1v) is 6.57. The average molecular weight is 384 g/mol. The zero-order chi connectivity index (χ0) is 11.7. The highest BCUT2D eigenvalue weighted by molar-refractivity contribution is 14.1. The second-order valence-corrected chi connectivity index (χ2v) is 5.34. The predicted molar refractivity (Wildman–Crippen MR) is 77.4 cm³/mol. The normalized spacial score (nSPS) is 10.5. The highest BCUT2D eigenvalue weighted by Crippen LogP contribution is 2.37. The molecule has 0 amide bonds. The molecule has 1 aromatic heterocycles. The zero-order valence-electron chi connectivity index (χ0n) is 7.85. The van der Waals surface area contributed by atoms with Crippen molar-refractivity contribution in [3.05, 3.63) is 49.1 Å². The molecule has 1 nitrogen and oxygen atoms in total. The van der Waals surface area contributed by atoms with Crippen molar-refractivity contribution in [2.75, 3.05) is 0 Å². The molecule has 0 fully saturated rings. The number of rotatable bonds is 1. The third kappa shape index (κ3) is 2.45. The molecule has 2 rings (SSSR count). The molecule has 0 unspecified atom stereocenters. The smallest absolute Gasteiger partial charge is 0.102 e. The van der Waals surface area contributed by atoms with Crippen molar-refractivity contribution in [3.8, 4) is 11.3 Å². The standard InChI is InChI=1S/C11H5Cl3IN/c12-7-5-4-6(10(13)11(7)14)8-2-1-3-9(15)16-8/h1-5H. The van der Waals surface area contributed by atoms with Crippen molar-refractivity contribution in [2.24, 2.45) is 0 Å². The lowest BCUT2D eigenvalue weighted by Crippen LogP contribution is -1.87. The third-order valence-electron chi connectivity index (χ3n) is 2.03. The summed E-state index contributed by atoms with van der Waals surface area (Å²) in [5, 5.41) is 1.24. The van der Waals surface area contributed by atoms with Gasteiger partial charge in [-0.3, -0.25) is 0 Å². The molecule has 5 heteroatoms. The van der Waals surface area contributed by atoms with Crippen LogP contribution in [-0.4, -0.2) is 4.98 Å². The van der Waals surface area contributed by atoms with Gasteiger partial charge in [0.2, 0.25) is 0 Å². The van der Waals surface area contributed by atoms with Crippen LogP contribution in [-0.2, 0) is 0 Å². The van der Waals surface area contributed by atoms with E-state index in [1.54, 1.807) is 6.07 Å². The van der Waals surface area contributed by atoms with Crippen molar-refractivity contribution >= 4 is 57.4 Å². The van der Waals surface area contributed by atoms with E-state index < -0.39 is 0 Å². The summed E-state index contributed by atoms with van der Waals surface area (Å²) in [6.07, 6.45) is 0. The Morgan fingerprint density at radius 1 is 0.938 bits per heavy atom. The maximum absolute atomic E-state index is 6.13. The van der Waals surface area contributed by atoms with Gasteiger partial charge in [-0.15, -0.1) is 0 Å². The van der Waals surface area contributed by atoms with E-state index >= 15 is 0 Å². The van der Waals surface area contributed by atoms with Crippen molar-refractivity contribution in [2.45, 2.75) is 0 Å². The Labute approximate surface area is 122 Å². The molecule has 1 heterocycles. The van der Waals surface area contributed by atoms with Crippen LogP contribution in [0.1, 0.15) is 0 Å². The summed E-state index contributed by atoms with van der Waals surface area (Å²) in [7, 11) is 0. The lowest BCUT2D eigenvalue weighted by atomic mass is 10.1. The maximum atomic E-state index is 6.13. The Kier molecular flexibility index (Phi) is 3.95. The van der Waals surface area contributed by atoms with Gasteiger partial charge in [0.1, 0.15) is 3.70 Å². The summed E-state index contributed by atoms with van der Waals surface area (Å²) in [4.78, 5) is 4.38. The van der Waals surface area contributed by atoms with Crippen LogP contribution in [0.25, 0.3) is 11.3 Å². The molecule has 0 saturated carbocycles. The fourth-order valence-corrected chi connectivity index (χ4v) is 2.38. The van der Waals surface area contributed by atoms with E-state index in [1.165, 1.54) is 0 Å². The SMILES string of the molecule is Clc1ccc(-c2cccc(I)n2)c(Cl)c1Cl. The number of benzene rings is 1. The molecule has 0 spiro atoms. The molecule has 0 radical (unpaired) electrons. The molecular formula is C11H5Cl3IN. The quantitative estimate of drug-likeness (QED) is 0.369. The van der Waals surface area contributed by atoms with Gasteiger partial charge in [0.25, 0.3) is 0 Å². The van der Waals surface area contributed by atoms with Crippen molar-refractivity contribution in [3.63, 3.8) is 0 Å². The summed E-state index contributed by atoms with van der Waals surface area (Å²) in [6, 6.07) is 9.24. The minimum atomic E-state index is 0.362. The van der Waals surface area contributed by atoms with E-state index in [0.29, 0.717) is 15.1 Å². The summed E-state index contributed by atoms with van der Waals surface area (Å²) in [5.41, 5.74) is 1.57. The van der Waals surface area contributed by atoms with Crippen LogP contribution in [0.4, 0.5) is 0 Å². The Bertz CT molecular complexity index is 543. The zero-order valence-corrected chi connectivity index (χ0v) is 12.3. The molecule has 0 bridgehead atoms. The molecule has 82 valence electrons. The molecule has 16 heavy (non-hydrogen) atoms. The van der Waals surface area contributed by atoms with Gasteiger partial charge in [-0.05, 0) is 46.9 Å². The van der Waals surface area contributed by atoms with Crippen LogP contribution in [0.3, 0.4) is 0 Å². The van der Waals surface area contributed by atoms with Crippen LogP contribution in [0.15, 0.2) is 30.3 Å². The summed E-state index contributed by atoms with van der Waals surface area (Å²) < 4.78 is 0.900. The maximum Gasteiger partial charge on any atom is 0.102 e. The first kappa shape index (κ1) is 12.4. The molecule has 1 aromatic carbocycles. The van der Waals surface area contributed by atoms with Crippen molar-refractivity contribution in [1.82, 2.24) is 4.98 Å². The number of aromatic nitrogens is 1. The summed E-state index contributed by atoms with van der Waals surface area (Å²) in [5.74, 6) is 0. The largest absolute Gasteiger partial charge is 0.242 e. The van der Waals surface area contributed by atoms with Gasteiger partial charge in [0.05, 0.1) is 20.8 Å². The van der Waals surface area contributed by atoms with Gasteiger partial charge < -0.3 is 0 Å². The van der Waals surface area contributed by atoms with Gasteiger partial charge in [-0.2, -0.15) is 0 Å². The minimum Gasteiger partial charge on any atom is -0.242 e. The fraction of sp³-hybridized carbons (Fsp3) is 0. The van der Waals surface area contributed by atoms with Crippen LogP contribution >= 0.6 is 57.4 Å².